The van der Waals surface area contributed by atoms with Crippen LogP contribution in [0.15, 0.2) is 0 Å². The lowest BCUT2D eigenvalue weighted by Crippen LogP contribution is -2.67. The van der Waals surface area contributed by atoms with Crippen molar-refractivity contribution in [3.63, 3.8) is 0 Å². The van der Waals surface area contributed by atoms with Crippen molar-refractivity contribution < 1.29 is 79.5 Å². The van der Waals surface area contributed by atoms with Crippen LogP contribution in [0.25, 0.3) is 0 Å². The zero-order valence-corrected chi connectivity index (χ0v) is 19.8. The van der Waals surface area contributed by atoms with Gasteiger partial charge in [-0.3, -0.25) is 4.79 Å². The monoisotopic (exact) mass is 545 g/mol. The van der Waals surface area contributed by atoms with Crippen molar-refractivity contribution in [2.45, 2.75) is 92.4 Å². The van der Waals surface area contributed by atoms with Crippen LogP contribution in [0.2, 0.25) is 0 Å². The molecule has 17 nitrogen and oxygen atoms in total. The van der Waals surface area contributed by atoms with Gasteiger partial charge in [0.05, 0.1) is 19.8 Å². The van der Waals surface area contributed by atoms with Crippen molar-refractivity contribution in [1.82, 2.24) is 5.32 Å². The topological polar surface area (TPSA) is 278 Å². The number of aliphatic hydroxyl groups excluding tert-OH is 10. The first kappa shape index (κ1) is 30.4. The molecule has 0 aromatic rings. The summed E-state index contributed by atoms with van der Waals surface area (Å²) in [5.74, 6) is -3.07. The molecule has 0 saturated carbocycles. The summed E-state index contributed by atoms with van der Waals surface area (Å²) < 4.78 is 27.1. The maximum absolute atomic E-state index is 11.6. The summed E-state index contributed by atoms with van der Waals surface area (Å²) in [6.45, 7) is -2.07. The Hall–Kier alpha value is -1.13. The first-order valence-corrected chi connectivity index (χ1v) is 11.5. The van der Waals surface area contributed by atoms with Crippen molar-refractivity contribution in [2.24, 2.45) is 0 Å². The highest BCUT2D eigenvalue weighted by Gasteiger charge is 2.59. The number of ether oxygens (including phenoxy) is 5. The molecule has 3 rings (SSSR count). The lowest BCUT2D eigenvalue weighted by atomic mass is 9.96. The van der Waals surface area contributed by atoms with Gasteiger partial charge in [-0.15, -0.1) is 0 Å². The second-order valence-electron chi connectivity index (χ2n) is 9.14. The highest BCUT2D eigenvalue weighted by Crippen LogP contribution is 2.36. The molecule has 3 fully saturated rings. The van der Waals surface area contributed by atoms with Gasteiger partial charge in [0.2, 0.25) is 11.7 Å². The molecular weight excluding hydrogens is 510 g/mol. The zero-order valence-electron chi connectivity index (χ0n) is 19.8. The van der Waals surface area contributed by atoms with Crippen LogP contribution in [0.4, 0.5) is 0 Å². The summed E-state index contributed by atoms with van der Waals surface area (Å²) in [7, 11) is 0. The Bertz CT molecular complexity index is 760. The average molecular weight is 545 g/mol. The normalized spacial score (nSPS) is 48.7. The predicted molar refractivity (Wildman–Crippen MR) is 113 cm³/mol. The van der Waals surface area contributed by atoms with E-state index in [4.69, 9.17) is 23.7 Å². The van der Waals surface area contributed by atoms with Crippen LogP contribution in [0, 0.1) is 0 Å². The van der Waals surface area contributed by atoms with E-state index in [-0.39, 0.29) is 0 Å². The van der Waals surface area contributed by atoms with Gasteiger partial charge in [-0.1, -0.05) is 0 Å². The van der Waals surface area contributed by atoms with E-state index >= 15 is 0 Å². The van der Waals surface area contributed by atoms with Gasteiger partial charge in [0.25, 0.3) is 0 Å². The highest BCUT2D eigenvalue weighted by atomic mass is 16.8. The van der Waals surface area contributed by atoms with Gasteiger partial charge in [0, 0.05) is 6.92 Å². The standard InChI is InChI=1S/C20H35NO16/c1-6(25)21-10-14(29)11(26)7(2-22)34-18(10)37-20(5-24)17(32)13(28)9(36-20)4-33-19-16(31)15(30)12(27)8(3-23)35-19/h7-19,22-24,26-32H,2-5H2,1H3,(H,21,25)/t7-,8-,9-,10-,11-,12+,13-,14-,15+,16-,17+,18-,19+,20+/m1/s1. The average Bonchev–Trinajstić information content (AvgIpc) is 3.11. The van der Waals surface area contributed by atoms with Gasteiger partial charge < -0.3 is 80.1 Å². The van der Waals surface area contributed by atoms with E-state index in [0.717, 1.165) is 6.92 Å². The third-order valence-corrected chi connectivity index (χ3v) is 6.57. The number of hydrogen-bond donors (Lipinski definition) is 11. The maximum Gasteiger partial charge on any atom is 0.224 e. The van der Waals surface area contributed by atoms with Gasteiger partial charge in [0.15, 0.2) is 12.6 Å². The molecule has 216 valence electrons. The van der Waals surface area contributed by atoms with Crippen LogP contribution in [0.1, 0.15) is 6.92 Å². The van der Waals surface area contributed by atoms with Crippen LogP contribution in [-0.2, 0) is 28.5 Å². The molecule has 17 heteroatoms. The molecule has 3 heterocycles. The molecule has 3 aliphatic rings. The number of hydrogen-bond acceptors (Lipinski definition) is 16. The van der Waals surface area contributed by atoms with Gasteiger partial charge in [-0.25, -0.2) is 0 Å². The molecule has 0 radical (unpaired) electrons. The van der Waals surface area contributed by atoms with Gasteiger partial charge in [-0.2, -0.15) is 0 Å². The first-order valence-electron chi connectivity index (χ1n) is 11.5. The first-order chi connectivity index (χ1) is 17.4. The number of nitrogens with one attached hydrogen (secondary N) is 1. The number of carbonyl (C=O) groups is 1. The second kappa shape index (κ2) is 12.4. The number of aliphatic hydroxyl groups is 10. The van der Waals surface area contributed by atoms with Gasteiger partial charge in [-0.05, 0) is 0 Å². The fourth-order valence-electron chi connectivity index (χ4n) is 4.42. The molecule has 14 atom stereocenters. The van der Waals surface area contributed by atoms with E-state index in [9.17, 15) is 55.9 Å². The van der Waals surface area contributed by atoms with Gasteiger partial charge >= 0.3 is 0 Å². The molecule has 1 amide bonds. The number of carbonyl (C=O) groups excluding carboxylic acids is 1. The number of amides is 1. The Kier molecular flexibility index (Phi) is 10.2. The summed E-state index contributed by atoms with van der Waals surface area (Å²) in [4.78, 5) is 11.6. The maximum atomic E-state index is 11.6. The van der Waals surface area contributed by atoms with Crippen molar-refractivity contribution in [1.29, 1.82) is 0 Å². The minimum Gasteiger partial charge on any atom is -0.394 e. The summed E-state index contributed by atoms with van der Waals surface area (Å²) in [6.07, 6.45) is -19.5. The predicted octanol–water partition coefficient (Wildman–Crippen LogP) is -7.43. The molecule has 3 aliphatic heterocycles. The van der Waals surface area contributed by atoms with Crippen molar-refractivity contribution in [3.8, 4) is 0 Å². The van der Waals surface area contributed by atoms with Crippen LogP contribution in [0.3, 0.4) is 0 Å². The minimum atomic E-state index is -2.41. The quantitative estimate of drug-likeness (QED) is 0.128. The molecule has 11 N–H and O–H groups in total. The van der Waals surface area contributed by atoms with E-state index in [1.165, 1.54) is 0 Å². The van der Waals surface area contributed by atoms with E-state index in [1.807, 2.05) is 0 Å². The Morgan fingerprint density at radius 1 is 0.784 bits per heavy atom. The minimum absolute atomic E-state index is 0.618. The fourth-order valence-corrected chi connectivity index (χ4v) is 4.42. The summed E-state index contributed by atoms with van der Waals surface area (Å²) >= 11 is 0. The van der Waals surface area contributed by atoms with Crippen molar-refractivity contribution in [2.75, 3.05) is 26.4 Å². The molecule has 37 heavy (non-hydrogen) atoms. The van der Waals surface area contributed by atoms with E-state index in [2.05, 4.69) is 5.32 Å². The van der Waals surface area contributed by atoms with Crippen LogP contribution >= 0.6 is 0 Å². The molecular formula is C20H35NO16. The smallest absolute Gasteiger partial charge is 0.224 e. The molecule has 0 spiro atoms. The van der Waals surface area contributed by atoms with E-state index in [1.54, 1.807) is 0 Å². The summed E-state index contributed by atoms with van der Waals surface area (Å²) in [6, 6.07) is -1.45. The molecule has 0 aromatic carbocycles. The lowest BCUT2D eigenvalue weighted by molar-refractivity contribution is -0.370. The SMILES string of the molecule is CC(=O)N[C@H]1[C@@H](O[C@]2(CO)O[C@H](CO[C@H]3O[C@H](CO)[C@H](O)[C@H](O)[C@H]3O)[C@@H](O)[C@@H]2O)O[C@H](CO)[C@@H](O)[C@@H]1O. The van der Waals surface area contributed by atoms with Gasteiger partial charge in [0.1, 0.15) is 73.7 Å². The molecule has 3 saturated heterocycles. The van der Waals surface area contributed by atoms with Crippen LogP contribution in [0.5, 0.6) is 0 Å². The molecule has 0 unspecified atom stereocenters. The largest absolute Gasteiger partial charge is 0.394 e. The molecule has 0 bridgehead atoms. The van der Waals surface area contributed by atoms with E-state index < -0.39 is 118 Å². The van der Waals surface area contributed by atoms with Crippen molar-refractivity contribution >= 4 is 5.91 Å². The Labute approximate surface area is 210 Å². The zero-order chi connectivity index (χ0) is 27.7. The Balaban J connectivity index is 1.73. The third-order valence-electron chi connectivity index (χ3n) is 6.57. The van der Waals surface area contributed by atoms with Crippen LogP contribution in [-0.4, -0.2) is 169 Å². The summed E-state index contributed by atoms with van der Waals surface area (Å²) in [5, 5.41) is 103. The lowest BCUT2D eigenvalue weighted by Gasteiger charge is -2.45. The van der Waals surface area contributed by atoms with Crippen molar-refractivity contribution in [3.05, 3.63) is 0 Å². The fraction of sp³-hybridized carbons (Fsp3) is 0.950. The molecule has 0 aromatic heterocycles. The molecule has 0 aliphatic carbocycles. The Morgan fingerprint density at radius 2 is 1.35 bits per heavy atom. The Morgan fingerprint density at radius 3 is 1.89 bits per heavy atom. The summed E-state index contributed by atoms with van der Waals surface area (Å²) in [5.41, 5.74) is 0. The van der Waals surface area contributed by atoms with E-state index in [0.29, 0.717) is 0 Å². The van der Waals surface area contributed by atoms with Crippen LogP contribution < -0.4 is 5.32 Å². The number of rotatable bonds is 9. The second-order valence-corrected chi connectivity index (χ2v) is 9.14. The highest BCUT2D eigenvalue weighted by molar-refractivity contribution is 5.73. The third kappa shape index (κ3) is 6.06.